The second kappa shape index (κ2) is 9.86. The van der Waals surface area contributed by atoms with Crippen molar-refractivity contribution in [1.82, 2.24) is 14.3 Å². The van der Waals surface area contributed by atoms with Crippen molar-refractivity contribution in [2.45, 2.75) is 17.7 Å². The van der Waals surface area contributed by atoms with Gasteiger partial charge in [-0.2, -0.15) is 4.31 Å². The highest BCUT2D eigenvalue weighted by molar-refractivity contribution is 7.89. The van der Waals surface area contributed by atoms with E-state index in [1.165, 1.54) is 34.1 Å². The second-order valence-electron chi connectivity index (χ2n) is 7.46. The maximum absolute atomic E-state index is 12.8. The molecule has 1 fully saturated rings. The number of sulfonamides is 1. The number of amides is 1. The Balaban J connectivity index is 1.37. The van der Waals surface area contributed by atoms with E-state index < -0.39 is 10.0 Å². The summed E-state index contributed by atoms with van der Waals surface area (Å²) in [6.45, 7) is 0.564. The predicted octanol–water partition coefficient (Wildman–Crippen LogP) is 3.26. The molecule has 1 saturated heterocycles. The van der Waals surface area contributed by atoms with E-state index in [4.69, 9.17) is 9.47 Å². The quantitative estimate of drug-likeness (QED) is 0.543. The number of methoxy groups -OCH3 is 2. The van der Waals surface area contributed by atoms with E-state index in [1.807, 2.05) is 17.5 Å². The van der Waals surface area contributed by atoms with Gasteiger partial charge in [0.05, 0.1) is 19.9 Å². The van der Waals surface area contributed by atoms with E-state index >= 15 is 0 Å². The molecule has 174 valence electrons. The van der Waals surface area contributed by atoms with E-state index in [1.54, 1.807) is 26.4 Å². The number of nitrogens with zero attached hydrogens (tertiary/aromatic N) is 3. The molecule has 0 aliphatic carbocycles. The number of carbonyl (C=O) groups excluding carboxylic acids is 1. The maximum atomic E-state index is 12.8. The number of ether oxygens (including phenoxy) is 2. The summed E-state index contributed by atoms with van der Waals surface area (Å²) in [4.78, 5) is 21.3. The summed E-state index contributed by atoms with van der Waals surface area (Å²) in [6, 6.07) is 8.63. The Morgan fingerprint density at radius 2 is 1.91 bits per heavy atom. The largest absolute Gasteiger partial charge is 0.493 e. The predicted molar refractivity (Wildman–Crippen MR) is 125 cm³/mol. The molecule has 1 aliphatic rings. The fraction of sp³-hybridized carbons (Fsp3) is 0.318. The molecule has 0 saturated carbocycles. The minimum Gasteiger partial charge on any atom is -0.493 e. The molecule has 1 N–H and O–H groups in total. The van der Waals surface area contributed by atoms with Gasteiger partial charge in [0.25, 0.3) is 0 Å². The van der Waals surface area contributed by atoms with Crippen molar-refractivity contribution in [3.63, 3.8) is 0 Å². The molecule has 3 aromatic rings. The van der Waals surface area contributed by atoms with Crippen LogP contribution in [0, 0.1) is 5.92 Å². The molecule has 0 bridgehead atoms. The first-order valence-corrected chi connectivity index (χ1v) is 12.6. The normalized spacial score (nSPS) is 15.2. The standard InChI is InChI=1S/C22H24N4O5S2/c1-30-19-6-5-16(12-20(19)31-2)18-14-32-22(24-18)25-21(27)15-7-10-26(11-8-15)33(28,29)17-4-3-9-23-13-17/h3-6,9,12-15H,7-8,10-11H2,1-2H3,(H,24,25,27). The van der Waals surface area contributed by atoms with Gasteiger partial charge in [0.2, 0.25) is 15.9 Å². The lowest BCUT2D eigenvalue weighted by Gasteiger charge is -2.30. The molecule has 0 spiro atoms. The summed E-state index contributed by atoms with van der Waals surface area (Å²) in [5.41, 5.74) is 1.56. The van der Waals surface area contributed by atoms with Gasteiger partial charge >= 0.3 is 0 Å². The summed E-state index contributed by atoms with van der Waals surface area (Å²) in [5.74, 6) is 0.795. The van der Waals surface area contributed by atoms with Crippen molar-refractivity contribution >= 4 is 32.4 Å². The minimum absolute atomic E-state index is 0.151. The van der Waals surface area contributed by atoms with Crippen LogP contribution in [-0.4, -0.2) is 55.9 Å². The Labute approximate surface area is 196 Å². The van der Waals surface area contributed by atoms with Crippen molar-refractivity contribution in [2.75, 3.05) is 32.6 Å². The van der Waals surface area contributed by atoms with E-state index in [2.05, 4.69) is 15.3 Å². The summed E-state index contributed by atoms with van der Waals surface area (Å²) < 4.78 is 37.5. The van der Waals surface area contributed by atoms with Crippen molar-refractivity contribution in [2.24, 2.45) is 5.92 Å². The topological polar surface area (TPSA) is 111 Å². The van der Waals surface area contributed by atoms with Crippen LogP contribution in [0.5, 0.6) is 11.5 Å². The zero-order valence-electron chi connectivity index (χ0n) is 18.2. The fourth-order valence-corrected chi connectivity index (χ4v) is 5.83. The molecule has 1 amide bonds. The smallest absolute Gasteiger partial charge is 0.244 e. The SMILES string of the molecule is COc1ccc(-c2csc(NC(=O)C3CCN(S(=O)(=O)c4cccnc4)CC3)n2)cc1OC. The van der Waals surface area contributed by atoms with Gasteiger partial charge in [-0.15, -0.1) is 11.3 Å². The van der Waals surface area contributed by atoms with Crippen LogP contribution in [0.2, 0.25) is 0 Å². The van der Waals surface area contributed by atoms with Crippen molar-refractivity contribution in [3.8, 4) is 22.8 Å². The molecular formula is C22H24N4O5S2. The average molecular weight is 489 g/mol. The molecule has 33 heavy (non-hydrogen) atoms. The van der Waals surface area contributed by atoms with Gasteiger partial charge in [-0.05, 0) is 43.2 Å². The van der Waals surface area contributed by atoms with Gasteiger partial charge in [-0.1, -0.05) is 0 Å². The first-order valence-electron chi connectivity index (χ1n) is 10.3. The third-order valence-corrected chi connectivity index (χ3v) is 8.15. The molecular weight excluding hydrogens is 464 g/mol. The van der Waals surface area contributed by atoms with Crippen LogP contribution in [0.4, 0.5) is 5.13 Å². The van der Waals surface area contributed by atoms with Gasteiger partial charge in [-0.3, -0.25) is 9.78 Å². The summed E-state index contributed by atoms with van der Waals surface area (Å²) in [5, 5.41) is 5.23. The Morgan fingerprint density at radius 1 is 1.15 bits per heavy atom. The summed E-state index contributed by atoms with van der Waals surface area (Å²) >= 11 is 1.33. The van der Waals surface area contributed by atoms with Crippen LogP contribution < -0.4 is 14.8 Å². The first-order chi connectivity index (χ1) is 15.9. The van der Waals surface area contributed by atoms with Gasteiger partial charge in [0.15, 0.2) is 16.6 Å². The van der Waals surface area contributed by atoms with E-state index in [0.29, 0.717) is 35.2 Å². The van der Waals surface area contributed by atoms with Gasteiger partial charge in [0, 0.05) is 42.3 Å². The fourth-order valence-electron chi connectivity index (χ4n) is 3.67. The Bertz CT molecular complexity index is 1220. The number of thiazole rings is 1. The van der Waals surface area contributed by atoms with Crippen molar-refractivity contribution < 1.29 is 22.7 Å². The number of hydrogen-bond acceptors (Lipinski definition) is 8. The highest BCUT2D eigenvalue weighted by atomic mass is 32.2. The third kappa shape index (κ3) is 5.00. The second-order valence-corrected chi connectivity index (χ2v) is 10.3. The minimum atomic E-state index is -3.60. The first kappa shape index (κ1) is 23.1. The maximum Gasteiger partial charge on any atom is 0.244 e. The number of piperidine rings is 1. The van der Waals surface area contributed by atoms with Crippen LogP contribution in [0.3, 0.4) is 0 Å². The van der Waals surface area contributed by atoms with Crippen LogP contribution in [0.1, 0.15) is 12.8 Å². The summed E-state index contributed by atoms with van der Waals surface area (Å²) in [6.07, 6.45) is 3.76. The Morgan fingerprint density at radius 3 is 2.58 bits per heavy atom. The average Bonchev–Trinajstić information content (AvgIpc) is 3.32. The van der Waals surface area contributed by atoms with Gasteiger partial charge in [-0.25, -0.2) is 13.4 Å². The monoisotopic (exact) mass is 488 g/mol. The molecule has 11 heteroatoms. The number of carbonyl (C=O) groups is 1. The molecule has 9 nitrogen and oxygen atoms in total. The molecule has 1 aliphatic heterocycles. The molecule has 1 aromatic carbocycles. The lowest BCUT2D eigenvalue weighted by atomic mass is 9.97. The van der Waals surface area contributed by atoms with E-state index in [0.717, 1.165) is 5.56 Å². The Hall–Kier alpha value is -3.02. The lowest BCUT2D eigenvalue weighted by Crippen LogP contribution is -2.41. The zero-order valence-corrected chi connectivity index (χ0v) is 19.9. The number of hydrogen-bond donors (Lipinski definition) is 1. The number of rotatable bonds is 7. The molecule has 0 radical (unpaired) electrons. The van der Waals surface area contributed by atoms with E-state index in [-0.39, 0.29) is 29.8 Å². The van der Waals surface area contributed by atoms with E-state index in [9.17, 15) is 13.2 Å². The van der Waals surface area contributed by atoms with Gasteiger partial charge in [0.1, 0.15) is 4.90 Å². The lowest BCUT2D eigenvalue weighted by molar-refractivity contribution is -0.120. The zero-order chi connectivity index (χ0) is 23.4. The Kier molecular flexibility index (Phi) is 6.91. The van der Waals surface area contributed by atoms with Crippen LogP contribution in [0.15, 0.2) is 53.0 Å². The van der Waals surface area contributed by atoms with Crippen molar-refractivity contribution in [3.05, 3.63) is 48.1 Å². The number of nitrogens with one attached hydrogen (secondary N) is 1. The van der Waals surface area contributed by atoms with Crippen LogP contribution in [-0.2, 0) is 14.8 Å². The number of benzene rings is 1. The molecule has 4 rings (SSSR count). The molecule has 3 heterocycles. The number of pyridine rings is 1. The molecule has 0 unspecified atom stereocenters. The summed E-state index contributed by atoms with van der Waals surface area (Å²) in [7, 11) is -0.451. The highest BCUT2D eigenvalue weighted by Crippen LogP contribution is 2.34. The number of anilines is 1. The highest BCUT2D eigenvalue weighted by Gasteiger charge is 2.32. The third-order valence-electron chi connectivity index (χ3n) is 5.51. The molecule has 0 atom stereocenters. The van der Waals surface area contributed by atoms with Gasteiger partial charge < -0.3 is 14.8 Å². The van der Waals surface area contributed by atoms with Crippen molar-refractivity contribution in [1.29, 1.82) is 0 Å². The van der Waals surface area contributed by atoms with Crippen LogP contribution >= 0.6 is 11.3 Å². The number of aromatic nitrogens is 2. The molecule has 2 aromatic heterocycles. The van der Waals surface area contributed by atoms with Crippen LogP contribution in [0.25, 0.3) is 11.3 Å².